The summed E-state index contributed by atoms with van der Waals surface area (Å²) in [4.78, 5) is 20.6. The zero-order valence-corrected chi connectivity index (χ0v) is 15.9. The van der Waals surface area contributed by atoms with Crippen molar-refractivity contribution < 1.29 is 9.85 Å². The number of hydrogen-bond acceptors (Lipinski definition) is 6. The standard InChI is InChI=1S/2C10H9N3O2/c2*1-2-6-12-7-8-4-3-5-9(13(14)15)10(8)11-12/h2*2-5,7H,1,6H2. The third-order valence-electron chi connectivity index (χ3n) is 4.15. The molecule has 0 spiro atoms. The minimum atomic E-state index is -0.423. The van der Waals surface area contributed by atoms with Gasteiger partial charge in [0.15, 0.2) is 11.0 Å². The van der Waals surface area contributed by atoms with E-state index in [0.29, 0.717) is 24.1 Å². The number of nitro benzene ring substituents is 2. The first-order valence-corrected chi connectivity index (χ1v) is 8.87. The Balaban J connectivity index is 0.000000171. The van der Waals surface area contributed by atoms with E-state index in [1.54, 1.807) is 58.2 Å². The predicted octanol–water partition coefficient (Wildman–Crippen LogP) is 4.26. The molecule has 10 nitrogen and oxygen atoms in total. The molecular formula is C20H18N6O4. The highest BCUT2D eigenvalue weighted by Crippen LogP contribution is 2.24. The van der Waals surface area contributed by atoms with Gasteiger partial charge in [-0.1, -0.05) is 36.4 Å². The molecule has 0 amide bonds. The van der Waals surface area contributed by atoms with Crippen LogP contribution >= 0.6 is 0 Å². The Morgan fingerprint density at radius 1 is 0.800 bits per heavy atom. The van der Waals surface area contributed by atoms with Crippen LogP contribution < -0.4 is 0 Å². The second kappa shape index (κ2) is 8.78. The molecule has 0 fully saturated rings. The third kappa shape index (κ3) is 4.22. The largest absolute Gasteiger partial charge is 0.297 e. The van der Waals surface area contributed by atoms with Gasteiger partial charge < -0.3 is 0 Å². The van der Waals surface area contributed by atoms with Crippen molar-refractivity contribution in [2.24, 2.45) is 0 Å². The van der Waals surface area contributed by atoms with E-state index in [0.717, 1.165) is 10.8 Å². The molecule has 0 aliphatic rings. The molecule has 0 saturated heterocycles. The van der Waals surface area contributed by atoms with E-state index in [9.17, 15) is 20.2 Å². The molecule has 0 aliphatic heterocycles. The highest BCUT2D eigenvalue weighted by Gasteiger charge is 2.15. The molecule has 0 bridgehead atoms. The van der Waals surface area contributed by atoms with Crippen LogP contribution in [0.1, 0.15) is 0 Å². The molecule has 0 atom stereocenters. The van der Waals surface area contributed by atoms with Crippen molar-refractivity contribution in [1.82, 2.24) is 19.6 Å². The number of non-ortho nitro benzene ring substituents is 2. The normalized spacial score (nSPS) is 10.4. The number of allylic oxidation sites excluding steroid dienone is 2. The van der Waals surface area contributed by atoms with Crippen LogP contribution in [0.4, 0.5) is 11.4 Å². The fourth-order valence-electron chi connectivity index (χ4n) is 2.91. The molecule has 2 aromatic carbocycles. The van der Waals surface area contributed by atoms with Crippen LogP contribution in [-0.2, 0) is 13.1 Å². The summed E-state index contributed by atoms with van der Waals surface area (Å²) in [6, 6.07) is 9.81. The summed E-state index contributed by atoms with van der Waals surface area (Å²) in [7, 11) is 0. The number of nitro groups is 2. The Morgan fingerprint density at radius 3 is 1.53 bits per heavy atom. The lowest BCUT2D eigenvalue weighted by Crippen LogP contribution is -1.95. The van der Waals surface area contributed by atoms with E-state index >= 15 is 0 Å². The Morgan fingerprint density at radius 2 is 1.20 bits per heavy atom. The summed E-state index contributed by atoms with van der Waals surface area (Å²) in [5.74, 6) is 0. The SMILES string of the molecule is C=CCn1cc2cccc([N+](=O)[O-])c2n1.C=CCn1cc2cccc([N+](=O)[O-])c2n1. The van der Waals surface area contributed by atoms with E-state index in [1.165, 1.54) is 12.1 Å². The topological polar surface area (TPSA) is 122 Å². The number of aromatic nitrogens is 4. The summed E-state index contributed by atoms with van der Waals surface area (Å²) in [6.45, 7) is 8.27. The fourth-order valence-corrected chi connectivity index (χ4v) is 2.91. The number of rotatable bonds is 6. The van der Waals surface area contributed by atoms with Gasteiger partial charge in [0.25, 0.3) is 11.4 Å². The van der Waals surface area contributed by atoms with Gasteiger partial charge in [-0.3, -0.25) is 29.6 Å². The zero-order chi connectivity index (χ0) is 21.7. The van der Waals surface area contributed by atoms with Gasteiger partial charge >= 0.3 is 0 Å². The number of fused-ring (bicyclic) bond motifs is 2. The summed E-state index contributed by atoms with van der Waals surface area (Å²) in [5, 5.41) is 31.2. The highest BCUT2D eigenvalue weighted by molar-refractivity contribution is 5.87. The highest BCUT2D eigenvalue weighted by atomic mass is 16.6. The zero-order valence-electron chi connectivity index (χ0n) is 15.9. The predicted molar refractivity (Wildman–Crippen MR) is 113 cm³/mol. The fraction of sp³-hybridized carbons (Fsp3) is 0.100. The molecule has 10 heteroatoms. The van der Waals surface area contributed by atoms with Gasteiger partial charge in [0.1, 0.15) is 0 Å². The lowest BCUT2D eigenvalue weighted by atomic mass is 10.2. The van der Waals surface area contributed by atoms with E-state index in [-0.39, 0.29) is 11.4 Å². The van der Waals surface area contributed by atoms with Gasteiger partial charge in [-0.05, 0) is 0 Å². The summed E-state index contributed by atoms with van der Waals surface area (Å²) >= 11 is 0. The van der Waals surface area contributed by atoms with Crippen molar-refractivity contribution in [3.05, 3.63) is 94.3 Å². The van der Waals surface area contributed by atoms with Crippen molar-refractivity contribution in [3.63, 3.8) is 0 Å². The maximum atomic E-state index is 10.7. The molecule has 2 aromatic heterocycles. The molecular weight excluding hydrogens is 388 g/mol. The maximum Gasteiger partial charge on any atom is 0.297 e. The van der Waals surface area contributed by atoms with Crippen molar-refractivity contribution in [2.75, 3.05) is 0 Å². The van der Waals surface area contributed by atoms with Gasteiger partial charge in [-0.15, -0.1) is 13.2 Å². The van der Waals surface area contributed by atoms with E-state index < -0.39 is 9.85 Å². The Hall–Kier alpha value is -4.34. The first-order valence-electron chi connectivity index (χ1n) is 8.87. The van der Waals surface area contributed by atoms with Crippen LogP contribution in [0, 0.1) is 20.2 Å². The smallest absolute Gasteiger partial charge is 0.267 e. The number of hydrogen-bond donors (Lipinski definition) is 0. The average molecular weight is 406 g/mol. The van der Waals surface area contributed by atoms with Crippen LogP contribution in [0.15, 0.2) is 74.1 Å². The van der Waals surface area contributed by atoms with Gasteiger partial charge in [0, 0.05) is 35.3 Å². The van der Waals surface area contributed by atoms with Gasteiger partial charge in [0.2, 0.25) is 0 Å². The molecule has 4 aromatic rings. The van der Waals surface area contributed by atoms with E-state index in [1.807, 2.05) is 0 Å². The minimum absolute atomic E-state index is 0.0373. The minimum Gasteiger partial charge on any atom is -0.267 e. The Labute approximate surface area is 170 Å². The monoisotopic (exact) mass is 406 g/mol. The lowest BCUT2D eigenvalue weighted by Gasteiger charge is -1.91. The van der Waals surface area contributed by atoms with Crippen LogP contribution in [0.25, 0.3) is 21.8 Å². The molecule has 0 radical (unpaired) electrons. The van der Waals surface area contributed by atoms with Gasteiger partial charge in [0.05, 0.1) is 22.9 Å². The van der Waals surface area contributed by atoms with Gasteiger partial charge in [-0.2, -0.15) is 10.2 Å². The molecule has 0 aliphatic carbocycles. The number of nitrogens with zero attached hydrogens (tertiary/aromatic N) is 6. The molecule has 0 saturated carbocycles. The molecule has 0 N–H and O–H groups in total. The second-order valence-corrected chi connectivity index (χ2v) is 6.22. The maximum absolute atomic E-state index is 10.7. The van der Waals surface area contributed by atoms with Crippen LogP contribution in [-0.4, -0.2) is 29.4 Å². The van der Waals surface area contributed by atoms with E-state index in [4.69, 9.17) is 0 Å². The molecule has 2 heterocycles. The Bertz CT molecular complexity index is 1160. The molecule has 30 heavy (non-hydrogen) atoms. The first kappa shape index (κ1) is 20.4. The van der Waals surface area contributed by atoms with Gasteiger partial charge in [-0.25, -0.2) is 0 Å². The number of benzene rings is 2. The van der Waals surface area contributed by atoms with Crippen LogP contribution in [0.2, 0.25) is 0 Å². The van der Waals surface area contributed by atoms with Crippen molar-refractivity contribution in [3.8, 4) is 0 Å². The quantitative estimate of drug-likeness (QED) is 0.268. The lowest BCUT2D eigenvalue weighted by molar-refractivity contribution is -0.383. The Kier molecular flexibility index (Phi) is 5.97. The average Bonchev–Trinajstić information content (AvgIpc) is 3.31. The second-order valence-electron chi connectivity index (χ2n) is 6.22. The summed E-state index contributed by atoms with van der Waals surface area (Å²) < 4.78 is 3.26. The van der Waals surface area contributed by atoms with E-state index in [2.05, 4.69) is 23.4 Å². The van der Waals surface area contributed by atoms with Crippen molar-refractivity contribution in [1.29, 1.82) is 0 Å². The molecule has 0 unspecified atom stereocenters. The first-order chi connectivity index (χ1) is 14.4. The van der Waals surface area contributed by atoms with Crippen LogP contribution in [0.5, 0.6) is 0 Å². The summed E-state index contributed by atoms with van der Waals surface area (Å²) in [5.41, 5.74) is 0.916. The molecule has 4 rings (SSSR count). The molecule has 152 valence electrons. The van der Waals surface area contributed by atoms with Crippen molar-refractivity contribution >= 4 is 33.2 Å². The summed E-state index contributed by atoms with van der Waals surface area (Å²) in [6.07, 6.45) is 6.92. The van der Waals surface area contributed by atoms with Crippen molar-refractivity contribution in [2.45, 2.75) is 13.1 Å². The van der Waals surface area contributed by atoms with Crippen LogP contribution in [0.3, 0.4) is 0 Å². The third-order valence-corrected chi connectivity index (χ3v) is 4.15.